The molecule has 0 heterocycles. The van der Waals surface area contributed by atoms with Gasteiger partial charge in [0, 0.05) is 12.7 Å². The summed E-state index contributed by atoms with van der Waals surface area (Å²) >= 11 is 0. The zero-order valence-electron chi connectivity index (χ0n) is 11.3. The van der Waals surface area contributed by atoms with Crippen molar-refractivity contribution < 1.29 is 0 Å². The van der Waals surface area contributed by atoms with Gasteiger partial charge in [-0.1, -0.05) is 30.3 Å². The van der Waals surface area contributed by atoms with Gasteiger partial charge in [0.05, 0.1) is 6.04 Å². The van der Waals surface area contributed by atoms with Crippen molar-refractivity contribution in [3.63, 3.8) is 0 Å². The van der Waals surface area contributed by atoms with Crippen LogP contribution >= 0.6 is 0 Å². The number of benzene rings is 2. The third-order valence-corrected chi connectivity index (χ3v) is 4.02. The lowest BCUT2D eigenvalue weighted by atomic mass is 9.96. The van der Waals surface area contributed by atoms with Crippen molar-refractivity contribution >= 4 is 5.69 Å². The molecule has 0 aromatic heterocycles. The minimum atomic E-state index is -0.0424. The van der Waals surface area contributed by atoms with Crippen LogP contribution in [0.1, 0.15) is 34.7 Å². The minimum Gasteiger partial charge on any atom is -0.388 e. The Morgan fingerprint density at radius 2 is 1.79 bits per heavy atom. The van der Waals surface area contributed by atoms with Crippen molar-refractivity contribution in [2.75, 3.05) is 12.4 Å². The van der Waals surface area contributed by atoms with Crippen LogP contribution in [-0.2, 0) is 12.8 Å². The molecule has 98 valence electrons. The van der Waals surface area contributed by atoms with E-state index in [1.54, 1.807) is 0 Å². The highest BCUT2D eigenvalue weighted by Crippen LogP contribution is 2.28. The molecule has 0 aliphatic heterocycles. The third kappa shape index (κ3) is 2.36. The van der Waals surface area contributed by atoms with Gasteiger partial charge < -0.3 is 11.1 Å². The second-order valence-electron chi connectivity index (χ2n) is 5.23. The van der Waals surface area contributed by atoms with E-state index >= 15 is 0 Å². The lowest BCUT2D eigenvalue weighted by Crippen LogP contribution is -2.12. The van der Waals surface area contributed by atoms with Crippen LogP contribution in [0.2, 0.25) is 0 Å². The second kappa shape index (κ2) is 5.06. The van der Waals surface area contributed by atoms with Gasteiger partial charge in [-0.3, -0.25) is 0 Å². The maximum absolute atomic E-state index is 6.41. The summed E-state index contributed by atoms with van der Waals surface area (Å²) in [7, 11) is 1.93. The van der Waals surface area contributed by atoms with E-state index in [0.717, 1.165) is 11.3 Å². The topological polar surface area (TPSA) is 38.0 Å². The van der Waals surface area contributed by atoms with Crippen molar-refractivity contribution in [3.05, 3.63) is 64.7 Å². The molecule has 2 heteroatoms. The number of fused-ring (bicyclic) bond motifs is 1. The number of hydrogen-bond donors (Lipinski definition) is 2. The average Bonchev–Trinajstić information content (AvgIpc) is 2.94. The number of anilines is 1. The van der Waals surface area contributed by atoms with Gasteiger partial charge in [-0.2, -0.15) is 0 Å². The van der Waals surface area contributed by atoms with E-state index in [-0.39, 0.29) is 6.04 Å². The monoisotopic (exact) mass is 252 g/mol. The molecule has 1 unspecified atom stereocenters. The van der Waals surface area contributed by atoms with Gasteiger partial charge in [0.1, 0.15) is 0 Å². The summed E-state index contributed by atoms with van der Waals surface area (Å²) < 4.78 is 0. The third-order valence-electron chi connectivity index (χ3n) is 4.02. The molecular weight excluding hydrogens is 232 g/mol. The van der Waals surface area contributed by atoms with Crippen LogP contribution in [0.4, 0.5) is 5.69 Å². The molecule has 1 aliphatic rings. The van der Waals surface area contributed by atoms with Gasteiger partial charge >= 0.3 is 0 Å². The highest BCUT2D eigenvalue weighted by atomic mass is 14.8. The lowest BCUT2D eigenvalue weighted by molar-refractivity contribution is 0.867. The molecule has 0 fully saturated rings. The Labute approximate surface area is 114 Å². The fourth-order valence-electron chi connectivity index (χ4n) is 2.87. The molecule has 3 N–H and O–H groups in total. The summed E-state index contributed by atoms with van der Waals surface area (Å²) in [6.07, 6.45) is 3.70. The summed E-state index contributed by atoms with van der Waals surface area (Å²) in [4.78, 5) is 0. The quantitative estimate of drug-likeness (QED) is 0.880. The smallest absolute Gasteiger partial charge is 0.0552 e. The summed E-state index contributed by atoms with van der Waals surface area (Å²) in [6, 6.07) is 15.0. The molecular formula is C17H20N2. The Morgan fingerprint density at radius 1 is 1.00 bits per heavy atom. The normalized spacial score (nSPS) is 15.1. The summed E-state index contributed by atoms with van der Waals surface area (Å²) in [6.45, 7) is 0. The van der Waals surface area contributed by atoms with Crippen molar-refractivity contribution in [3.8, 4) is 0 Å². The van der Waals surface area contributed by atoms with Crippen LogP contribution in [0.15, 0.2) is 42.5 Å². The zero-order chi connectivity index (χ0) is 13.2. The Balaban J connectivity index is 1.92. The van der Waals surface area contributed by atoms with E-state index < -0.39 is 0 Å². The number of nitrogens with two attached hydrogens (primary N) is 1. The Bertz CT molecular complexity index is 590. The van der Waals surface area contributed by atoms with Gasteiger partial charge in [-0.25, -0.2) is 0 Å². The SMILES string of the molecule is CNc1cccc(C(N)c2ccc3c(c2)CCC3)c1. The molecule has 1 aliphatic carbocycles. The van der Waals surface area contributed by atoms with Crippen LogP contribution < -0.4 is 11.1 Å². The van der Waals surface area contributed by atoms with E-state index in [2.05, 4.69) is 41.7 Å². The molecule has 0 spiro atoms. The minimum absolute atomic E-state index is 0.0424. The second-order valence-corrected chi connectivity index (χ2v) is 5.23. The van der Waals surface area contributed by atoms with Crippen LogP contribution in [0, 0.1) is 0 Å². The molecule has 0 radical (unpaired) electrons. The van der Waals surface area contributed by atoms with E-state index in [1.807, 2.05) is 13.1 Å². The van der Waals surface area contributed by atoms with Crippen LogP contribution in [-0.4, -0.2) is 7.05 Å². The van der Waals surface area contributed by atoms with E-state index in [1.165, 1.54) is 36.0 Å². The highest BCUT2D eigenvalue weighted by Gasteiger charge is 2.15. The molecule has 3 rings (SSSR count). The predicted octanol–water partition coefficient (Wildman–Crippen LogP) is 3.27. The molecule has 2 nitrogen and oxygen atoms in total. The molecule has 0 bridgehead atoms. The van der Waals surface area contributed by atoms with Crippen molar-refractivity contribution in [1.82, 2.24) is 0 Å². The Kier molecular flexibility index (Phi) is 3.26. The molecule has 1 atom stereocenters. The van der Waals surface area contributed by atoms with E-state index in [9.17, 15) is 0 Å². The van der Waals surface area contributed by atoms with Crippen molar-refractivity contribution in [2.45, 2.75) is 25.3 Å². The summed E-state index contributed by atoms with van der Waals surface area (Å²) in [5.41, 5.74) is 12.9. The van der Waals surface area contributed by atoms with E-state index in [0.29, 0.717) is 0 Å². The highest BCUT2D eigenvalue weighted by molar-refractivity contribution is 5.48. The number of aryl methyl sites for hydroxylation is 2. The first kappa shape index (κ1) is 12.2. The van der Waals surface area contributed by atoms with Gasteiger partial charge in [-0.15, -0.1) is 0 Å². The maximum atomic E-state index is 6.41. The number of rotatable bonds is 3. The van der Waals surface area contributed by atoms with Crippen LogP contribution in [0.25, 0.3) is 0 Å². The van der Waals surface area contributed by atoms with Gasteiger partial charge in [0.25, 0.3) is 0 Å². The fourth-order valence-corrected chi connectivity index (χ4v) is 2.87. The predicted molar refractivity (Wildman–Crippen MR) is 80.5 cm³/mol. The first-order chi connectivity index (χ1) is 9.28. The Hall–Kier alpha value is -1.80. The standard InChI is InChI=1S/C17H20N2/c1-19-16-7-3-6-14(11-16)17(18)15-9-8-12-4-2-5-13(12)10-15/h3,6-11,17,19H,2,4-5,18H2,1H3. The largest absolute Gasteiger partial charge is 0.388 e. The molecule has 19 heavy (non-hydrogen) atoms. The molecule has 2 aromatic carbocycles. The van der Waals surface area contributed by atoms with Crippen molar-refractivity contribution in [2.24, 2.45) is 5.73 Å². The van der Waals surface area contributed by atoms with Crippen molar-refractivity contribution in [1.29, 1.82) is 0 Å². The van der Waals surface area contributed by atoms with Crippen LogP contribution in [0.3, 0.4) is 0 Å². The van der Waals surface area contributed by atoms with Gasteiger partial charge in [0.15, 0.2) is 0 Å². The van der Waals surface area contributed by atoms with Gasteiger partial charge in [0.2, 0.25) is 0 Å². The van der Waals surface area contributed by atoms with Gasteiger partial charge in [-0.05, 0) is 53.6 Å². The number of nitrogens with one attached hydrogen (secondary N) is 1. The Morgan fingerprint density at radius 3 is 2.63 bits per heavy atom. The number of hydrogen-bond acceptors (Lipinski definition) is 2. The summed E-state index contributed by atoms with van der Waals surface area (Å²) in [5.74, 6) is 0. The first-order valence-electron chi connectivity index (χ1n) is 6.93. The molecule has 0 saturated carbocycles. The first-order valence-corrected chi connectivity index (χ1v) is 6.93. The molecule has 0 amide bonds. The summed E-state index contributed by atoms with van der Waals surface area (Å²) in [5, 5.41) is 3.16. The maximum Gasteiger partial charge on any atom is 0.0552 e. The van der Waals surface area contributed by atoms with Crippen LogP contribution in [0.5, 0.6) is 0 Å². The zero-order valence-corrected chi connectivity index (χ0v) is 11.3. The lowest BCUT2D eigenvalue weighted by Gasteiger charge is -2.15. The molecule has 2 aromatic rings. The fraction of sp³-hybridized carbons (Fsp3) is 0.294. The van der Waals surface area contributed by atoms with E-state index in [4.69, 9.17) is 5.73 Å². The average molecular weight is 252 g/mol. The molecule has 0 saturated heterocycles.